The summed E-state index contributed by atoms with van der Waals surface area (Å²) in [6.45, 7) is 9.86. The maximum atomic E-state index is 12.3. The maximum absolute atomic E-state index is 12.3. The molecule has 0 atom stereocenters. The molecule has 0 saturated carbocycles. The molecule has 0 aliphatic carbocycles. The van der Waals surface area contributed by atoms with Gasteiger partial charge in [-0.05, 0) is 19.2 Å². The van der Waals surface area contributed by atoms with E-state index in [0.29, 0.717) is 5.56 Å². The van der Waals surface area contributed by atoms with Crippen LogP contribution in [0.4, 0.5) is 0 Å². The second-order valence-corrected chi connectivity index (χ2v) is 6.28. The molecule has 0 bridgehead atoms. The molecule has 4 nitrogen and oxygen atoms in total. The van der Waals surface area contributed by atoms with Crippen molar-refractivity contribution >= 4 is 5.91 Å². The van der Waals surface area contributed by atoms with Crippen LogP contribution in [-0.4, -0.2) is 53.9 Å². The molecule has 104 valence electrons. The highest BCUT2D eigenvalue weighted by atomic mass is 16.2. The number of rotatable bonds is 1. The Morgan fingerprint density at radius 2 is 1.79 bits per heavy atom. The van der Waals surface area contributed by atoms with Crippen LogP contribution in [0.1, 0.15) is 36.8 Å². The number of aromatic nitrogens is 1. The van der Waals surface area contributed by atoms with E-state index in [1.54, 1.807) is 6.20 Å². The molecule has 4 heteroatoms. The zero-order valence-electron chi connectivity index (χ0n) is 12.3. The highest BCUT2D eigenvalue weighted by Crippen LogP contribution is 2.20. The van der Waals surface area contributed by atoms with Gasteiger partial charge in [-0.15, -0.1) is 0 Å². The van der Waals surface area contributed by atoms with Crippen LogP contribution >= 0.6 is 0 Å². The normalized spacial score (nSPS) is 17.6. The first-order chi connectivity index (χ1) is 8.88. The number of hydrogen-bond acceptors (Lipinski definition) is 3. The Hall–Kier alpha value is -1.42. The zero-order valence-corrected chi connectivity index (χ0v) is 12.3. The molecule has 0 aromatic carbocycles. The van der Waals surface area contributed by atoms with Crippen molar-refractivity contribution in [3.05, 3.63) is 29.6 Å². The zero-order chi connectivity index (χ0) is 14.0. The van der Waals surface area contributed by atoms with E-state index in [1.807, 2.05) is 17.0 Å². The van der Waals surface area contributed by atoms with Crippen LogP contribution < -0.4 is 0 Å². The van der Waals surface area contributed by atoms with Crippen LogP contribution in [0.15, 0.2) is 18.3 Å². The lowest BCUT2D eigenvalue weighted by atomic mass is 9.91. The van der Waals surface area contributed by atoms with Crippen LogP contribution in [0.25, 0.3) is 0 Å². The average molecular weight is 261 g/mol. The molecule has 1 aliphatic heterocycles. The Morgan fingerprint density at radius 3 is 2.26 bits per heavy atom. The maximum Gasteiger partial charge on any atom is 0.255 e. The van der Waals surface area contributed by atoms with E-state index in [1.165, 1.54) is 0 Å². The number of carbonyl (C=O) groups excluding carboxylic acids is 1. The molecule has 1 aromatic heterocycles. The van der Waals surface area contributed by atoms with Crippen molar-refractivity contribution < 1.29 is 4.79 Å². The first-order valence-electron chi connectivity index (χ1n) is 6.82. The van der Waals surface area contributed by atoms with E-state index in [2.05, 4.69) is 37.7 Å². The predicted octanol–water partition coefficient (Wildman–Crippen LogP) is 1.77. The minimum atomic E-state index is 0.0232. The van der Waals surface area contributed by atoms with Gasteiger partial charge < -0.3 is 9.80 Å². The number of piperazine rings is 1. The third-order valence-corrected chi connectivity index (χ3v) is 3.57. The largest absolute Gasteiger partial charge is 0.336 e. The molecule has 2 heterocycles. The smallest absolute Gasteiger partial charge is 0.255 e. The topological polar surface area (TPSA) is 36.4 Å². The van der Waals surface area contributed by atoms with E-state index in [9.17, 15) is 4.79 Å². The summed E-state index contributed by atoms with van der Waals surface area (Å²) < 4.78 is 0. The lowest BCUT2D eigenvalue weighted by Crippen LogP contribution is -2.47. The molecular formula is C15H23N3O. The summed E-state index contributed by atoms with van der Waals surface area (Å²) in [4.78, 5) is 20.9. The molecule has 19 heavy (non-hydrogen) atoms. The monoisotopic (exact) mass is 261 g/mol. The SMILES string of the molecule is CN1CCN(C(=O)c2ccc(C(C)(C)C)nc2)CC1. The molecule has 1 saturated heterocycles. The molecule has 0 radical (unpaired) electrons. The molecule has 1 aliphatic rings. The molecule has 1 aromatic rings. The van der Waals surface area contributed by atoms with Gasteiger partial charge in [-0.25, -0.2) is 0 Å². The van der Waals surface area contributed by atoms with Crippen LogP contribution in [0.3, 0.4) is 0 Å². The standard InChI is InChI=1S/C15H23N3O/c1-15(2,3)13-6-5-12(11-16-13)14(19)18-9-7-17(4)8-10-18/h5-6,11H,7-10H2,1-4H3. The number of likely N-dealkylation sites (N-methyl/N-ethyl adjacent to an activating group) is 1. The highest BCUT2D eigenvalue weighted by Gasteiger charge is 2.21. The van der Waals surface area contributed by atoms with Gasteiger partial charge in [-0.3, -0.25) is 9.78 Å². The van der Waals surface area contributed by atoms with Gasteiger partial charge in [0, 0.05) is 43.5 Å². The molecule has 2 rings (SSSR count). The lowest BCUT2D eigenvalue weighted by Gasteiger charge is -2.32. The Bertz CT molecular complexity index is 439. The first-order valence-corrected chi connectivity index (χ1v) is 6.82. The predicted molar refractivity (Wildman–Crippen MR) is 76.3 cm³/mol. The van der Waals surface area contributed by atoms with Gasteiger partial charge in [0.25, 0.3) is 5.91 Å². The molecule has 0 unspecified atom stereocenters. The Morgan fingerprint density at radius 1 is 1.16 bits per heavy atom. The summed E-state index contributed by atoms with van der Waals surface area (Å²) in [6, 6.07) is 3.86. The fourth-order valence-electron chi connectivity index (χ4n) is 2.16. The van der Waals surface area contributed by atoms with Crippen LogP contribution in [-0.2, 0) is 5.41 Å². The van der Waals surface area contributed by atoms with E-state index >= 15 is 0 Å². The van der Waals surface area contributed by atoms with Crippen molar-refractivity contribution in [2.75, 3.05) is 33.2 Å². The second-order valence-electron chi connectivity index (χ2n) is 6.28. The van der Waals surface area contributed by atoms with Crippen molar-refractivity contribution in [1.82, 2.24) is 14.8 Å². The van der Waals surface area contributed by atoms with Crippen molar-refractivity contribution in [3.8, 4) is 0 Å². The Labute approximate surface area is 115 Å². The van der Waals surface area contributed by atoms with E-state index in [0.717, 1.165) is 31.9 Å². The van der Waals surface area contributed by atoms with Crippen molar-refractivity contribution in [1.29, 1.82) is 0 Å². The van der Waals surface area contributed by atoms with Gasteiger partial charge in [0.1, 0.15) is 0 Å². The summed E-state index contributed by atoms with van der Waals surface area (Å²) in [5.41, 5.74) is 1.73. The highest BCUT2D eigenvalue weighted by molar-refractivity contribution is 5.94. The van der Waals surface area contributed by atoms with Crippen LogP contribution in [0.5, 0.6) is 0 Å². The minimum Gasteiger partial charge on any atom is -0.336 e. The van der Waals surface area contributed by atoms with Gasteiger partial charge in [0.2, 0.25) is 0 Å². The summed E-state index contributed by atoms with van der Waals surface area (Å²) in [5, 5.41) is 0. The molecule has 0 spiro atoms. The summed E-state index contributed by atoms with van der Waals surface area (Å²) in [6.07, 6.45) is 1.71. The number of nitrogens with zero attached hydrogens (tertiary/aromatic N) is 3. The fraction of sp³-hybridized carbons (Fsp3) is 0.600. The minimum absolute atomic E-state index is 0.0232. The van der Waals surface area contributed by atoms with Crippen LogP contribution in [0.2, 0.25) is 0 Å². The lowest BCUT2D eigenvalue weighted by molar-refractivity contribution is 0.0663. The van der Waals surface area contributed by atoms with Gasteiger partial charge in [-0.1, -0.05) is 20.8 Å². The average Bonchev–Trinajstić information content (AvgIpc) is 2.38. The third kappa shape index (κ3) is 3.32. The molecule has 1 amide bonds. The van der Waals surface area contributed by atoms with E-state index < -0.39 is 0 Å². The second kappa shape index (κ2) is 5.29. The quantitative estimate of drug-likeness (QED) is 0.773. The molecule has 0 N–H and O–H groups in total. The number of carbonyl (C=O) groups is 1. The summed E-state index contributed by atoms with van der Waals surface area (Å²) in [7, 11) is 2.08. The summed E-state index contributed by atoms with van der Waals surface area (Å²) >= 11 is 0. The number of hydrogen-bond donors (Lipinski definition) is 0. The van der Waals surface area contributed by atoms with E-state index in [4.69, 9.17) is 0 Å². The molecule has 1 fully saturated rings. The van der Waals surface area contributed by atoms with Crippen molar-refractivity contribution in [2.24, 2.45) is 0 Å². The number of pyridine rings is 1. The van der Waals surface area contributed by atoms with Gasteiger partial charge >= 0.3 is 0 Å². The number of amides is 1. The Kier molecular flexibility index (Phi) is 3.90. The van der Waals surface area contributed by atoms with Gasteiger partial charge in [-0.2, -0.15) is 0 Å². The van der Waals surface area contributed by atoms with E-state index in [-0.39, 0.29) is 11.3 Å². The summed E-state index contributed by atoms with van der Waals surface area (Å²) in [5.74, 6) is 0.0982. The third-order valence-electron chi connectivity index (χ3n) is 3.57. The first kappa shape index (κ1) is 14.0. The van der Waals surface area contributed by atoms with Gasteiger partial charge in [0.15, 0.2) is 0 Å². The van der Waals surface area contributed by atoms with Crippen molar-refractivity contribution in [2.45, 2.75) is 26.2 Å². The fourth-order valence-corrected chi connectivity index (χ4v) is 2.16. The van der Waals surface area contributed by atoms with Crippen molar-refractivity contribution in [3.63, 3.8) is 0 Å². The Balaban J connectivity index is 2.08. The molecular weight excluding hydrogens is 238 g/mol. The van der Waals surface area contributed by atoms with Gasteiger partial charge in [0.05, 0.1) is 5.56 Å². The van der Waals surface area contributed by atoms with Crippen LogP contribution in [0, 0.1) is 0 Å².